The first kappa shape index (κ1) is 32.6. The van der Waals surface area contributed by atoms with Gasteiger partial charge in [-0.1, -0.05) is 0 Å². The van der Waals surface area contributed by atoms with Gasteiger partial charge in [-0.15, -0.1) is 8.80 Å². The van der Waals surface area contributed by atoms with Crippen LogP contribution in [0.15, 0.2) is 8.80 Å². The van der Waals surface area contributed by atoms with Crippen molar-refractivity contribution in [1.29, 1.82) is 0 Å². The fourth-order valence-electron chi connectivity index (χ4n) is 0.195. The molecule has 0 rings (SSSR count). The van der Waals surface area contributed by atoms with Crippen LogP contribution in [-0.2, 0) is 23.7 Å². The molecule has 0 aromatic heterocycles. The molecule has 0 aliphatic carbocycles. The molecule has 0 aliphatic rings. The molecule has 0 radical (unpaired) electrons. The van der Waals surface area contributed by atoms with Gasteiger partial charge in [0.1, 0.15) is 0 Å². The van der Waals surface area contributed by atoms with Crippen molar-refractivity contribution >= 4 is 54.1 Å². The molecular formula is C4Li3N2O8PS2. The minimum Gasteiger partial charge on any atom is -0.822 e. The van der Waals surface area contributed by atoms with Gasteiger partial charge in [0.2, 0.25) is 12.2 Å². The smallest absolute Gasteiger partial charge is 0.822 e. The van der Waals surface area contributed by atoms with Crippen LogP contribution >= 0.6 is 31.7 Å². The molecule has 0 bridgehead atoms. The molecule has 0 aromatic carbocycles. The van der Waals surface area contributed by atoms with Crippen LogP contribution in [0.5, 0.6) is 0 Å². The standard InChI is InChI=1S/C4N2O4S2.3Li.H3O4P/c7-1-5-11-3(9)4(10)12-6-2-8;;;;1-5(2,3)4/h;;;;(H3,1,2,3,4)/q;3*+1;/p-3. The van der Waals surface area contributed by atoms with Gasteiger partial charge in [0.25, 0.3) is 10.2 Å². The number of phosphoric acid groups is 1. The second-order valence-electron chi connectivity index (χ2n) is 1.57. The summed E-state index contributed by atoms with van der Waals surface area (Å²) in [6.07, 6.45) is 2.11. The molecule has 0 atom stereocenters. The third-order valence-corrected chi connectivity index (χ3v) is 1.66. The summed E-state index contributed by atoms with van der Waals surface area (Å²) in [4.78, 5) is 65.7. The number of nitrogens with zero attached hydrogens (tertiary/aromatic N) is 2. The second-order valence-corrected chi connectivity index (χ2v) is 3.94. The molecule has 0 heterocycles. The number of isocyanates is 2. The van der Waals surface area contributed by atoms with Gasteiger partial charge in [0.05, 0.1) is 23.9 Å². The van der Waals surface area contributed by atoms with E-state index in [1.807, 2.05) is 0 Å². The minimum atomic E-state index is -5.39. The van der Waals surface area contributed by atoms with Gasteiger partial charge in [-0.2, -0.15) is 7.82 Å². The van der Waals surface area contributed by atoms with Crippen LogP contribution in [0.2, 0.25) is 0 Å². The molecule has 0 fully saturated rings. The quantitative estimate of drug-likeness (QED) is 0.118. The molecule has 0 aliphatic heterocycles. The number of carbonyl (C=O) groups is 2. The summed E-state index contributed by atoms with van der Waals surface area (Å²) in [7, 11) is -5.39. The molecule has 0 aromatic rings. The predicted molar refractivity (Wildman–Crippen MR) is 49.0 cm³/mol. The van der Waals surface area contributed by atoms with Crippen molar-refractivity contribution in [3.05, 3.63) is 0 Å². The Bertz CT molecular complexity index is 393. The van der Waals surface area contributed by atoms with E-state index in [2.05, 4.69) is 8.80 Å². The molecule has 16 heteroatoms. The summed E-state index contributed by atoms with van der Waals surface area (Å²) in [6, 6.07) is 0. The first-order valence-corrected chi connectivity index (χ1v) is 6.02. The van der Waals surface area contributed by atoms with Crippen molar-refractivity contribution in [1.82, 2.24) is 0 Å². The van der Waals surface area contributed by atoms with Gasteiger partial charge in [-0.3, -0.25) is 9.59 Å². The van der Waals surface area contributed by atoms with Crippen LogP contribution in [-0.4, -0.2) is 22.4 Å². The predicted octanol–water partition coefficient (Wildman–Crippen LogP) is -11.8. The van der Waals surface area contributed by atoms with E-state index in [-0.39, 0.29) is 80.5 Å². The SMILES string of the molecule is O=C=NSC(=O)C(=O)SN=C=O.O=P([O-])([O-])[O-].[Li+].[Li+].[Li+]. The van der Waals surface area contributed by atoms with E-state index in [1.165, 1.54) is 0 Å². The Hall–Kier alpha value is 0.702. The van der Waals surface area contributed by atoms with Gasteiger partial charge in [0.15, 0.2) is 0 Å². The Balaban J connectivity index is -0.0000000821. The maximum Gasteiger partial charge on any atom is 1.00 e. The molecule has 0 saturated heterocycles. The molecule has 10 nitrogen and oxygen atoms in total. The molecular weight excluding hydrogens is 320 g/mol. The molecule has 0 N–H and O–H groups in total. The average Bonchev–Trinajstić information content (AvgIpc) is 2.20. The Morgan fingerprint density at radius 3 is 1.20 bits per heavy atom. The molecule has 0 unspecified atom stereocenters. The topological polar surface area (TPSA) is 179 Å². The fourth-order valence-corrected chi connectivity index (χ4v) is 0.808. The maximum absolute atomic E-state index is 10.5. The Morgan fingerprint density at radius 2 is 1.05 bits per heavy atom. The zero-order valence-electron chi connectivity index (χ0n) is 10.4. The summed E-state index contributed by atoms with van der Waals surface area (Å²) in [6.45, 7) is 0. The van der Waals surface area contributed by atoms with Crippen LogP contribution in [0, 0.1) is 0 Å². The van der Waals surface area contributed by atoms with Crippen molar-refractivity contribution in [2.24, 2.45) is 8.80 Å². The van der Waals surface area contributed by atoms with Crippen LogP contribution < -0.4 is 71.3 Å². The third-order valence-electron chi connectivity index (χ3n) is 0.498. The summed E-state index contributed by atoms with van der Waals surface area (Å²) < 4.78 is 14.1. The third kappa shape index (κ3) is 36.3. The Morgan fingerprint density at radius 1 is 0.850 bits per heavy atom. The zero-order valence-corrected chi connectivity index (χ0v) is 13.0. The van der Waals surface area contributed by atoms with Crippen molar-refractivity contribution in [3.8, 4) is 0 Å². The van der Waals surface area contributed by atoms with E-state index >= 15 is 0 Å². The monoisotopic (exact) mass is 320 g/mol. The van der Waals surface area contributed by atoms with Gasteiger partial charge in [-0.05, 0) is 0 Å². The van der Waals surface area contributed by atoms with Crippen molar-refractivity contribution in [2.75, 3.05) is 0 Å². The van der Waals surface area contributed by atoms with E-state index in [4.69, 9.17) is 19.2 Å². The van der Waals surface area contributed by atoms with Gasteiger partial charge in [0, 0.05) is 0 Å². The molecule has 0 spiro atoms. The Labute approximate surface area is 157 Å². The van der Waals surface area contributed by atoms with E-state index in [0.29, 0.717) is 0 Å². The summed E-state index contributed by atoms with van der Waals surface area (Å²) in [5.74, 6) is 0. The fraction of sp³-hybridized carbons (Fsp3) is 0. The summed E-state index contributed by atoms with van der Waals surface area (Å²) >= 11 is 0.274. The van der Waals surface area contributed by atoms with Gasteiger partial charge < -0.3 is 19.2 Å². The summed E-state index contributed by atoms with van der Waals surface area (Å²) in [5.41, 5.74) is 0. The minimum absolute atomic E-state index is 0. The molecule has 0 amide bonds. The van der Waals surface area contributed by atoms with Crippen LogP contribution in [0.1, 0.15) is 0 Å². The molecule has 0 saturated carbocycles. The first-order chi connectivity index (χ1) is 7.72. The number of hydrogen-bond acceptors (Lipinski definition) is 12. The van der Waals surface area contributed by atoms with Gasteiger partial charge in [-0.25, -0.2) is 9.59 Å². The van der Waals surface area contributed by atoms with Crippen LogP contribution in [0.4, 0.5) is 0 Å². The van der Waals surface area contributed by atoms with E-state index in [9.17, 15) is 19.2 Å². The van der Waals surface area contributed by atoms with Crippen LogP contribution in [0.25, 0.3) is 0 Å². The van der Waals surface area contributed by atoms with E-state index in [0.717, 1.165) is 12.2 Å². The zero-order chi connectivity index (χ0) is 13.9. The number of rotatable bonds is 2. The molecule has 20 heavy (non-hydrogen) atoms. The van der Waals surface area contributed by atoms with Crippen molar-refractivity contribution in [3.63, 3.8) is 0 Å². The van der Waals surface area contributed by atoms with E-state index in [1.54, 1.807) is 0 Å². The Kier molecular flexibility index (Phi) is 32.1. The van der Waals surface area contributed by atoms with E-state index < -0.39 is 18.1 Å². The summed E-state index contributed by atoms with van der Waals surface area (Å²) in [5, 5.41) is -2.00. The van der Waals surface area contributed by atoms with Gasteiger partial charge >= 0.3 is 56.6 Å². The van der Waals surface area contributed by atoms with Crippen LogP contribution in [0.3, 0.4) is 0 Å². The largest absolute Gasteiger partial charge is 1.00 e. The number of carbonyl (C=O) groups excluding carboxylic acids is 4. The average molecular weight is 320 g/mol. The maximum atomic E-state index is 10.5. The first-order valence-electron chi connectivity index (χ1n) is 3.02. The normalized spacial score (nSPS) is 7.55. The second kappa shape index (κ2) is 19.7. The van der Waals surface area contributed by atoms with Crippen molar-refractivity contribution < 1.29 is 95.0 Å². The molecule has 94 valence electrons. The number of hydrogen-bond donors (Lipinski definition) is 0. The van der Waals surface area contributed by atoms with Crippen molar-refractivity contribution in [2.45, 2.75) is 0 Å².